The van der Waals surface area contributed by atoms with Crippen LogP contribution in [-0.4, -0.2) is 32.7 Å². The first-order valence-electron chi connectivity index (χ1n) is 10.8. The molecule has 0 atom stereocenters. The molecule has 33 heavy (non-hydrogen) atoms. The summed E-state index contributed by atoms with van der Waals surface area (Å²) in [5.41, 5.74) is 5.72. The zero-order valence-electron chi connectivity index (χ0n) is 19.0. The minimum Gasteiger partial charge on any atom is -0.334 e. The van der Waals surface area contributed by atoms with E-state index in [2.05, 4.69) is 10.3 Å². The maximum atomic E-state index is 12.8. The molecule has 2 aromatic carbocycles. The Morgan fingerprint density at radius 2 is 1.73 bits per heavy atom. The van der Waals surface area contributed by atoms with Crippen LogP contribution >= 0.6 is 0 Å². The molecule has 168 valence electrons. The number of pyridine rings is 1. The maximum absolute atomic E-state index is 12.8. The minimum absolute atomic E-state index is 0.166. The van der Waals surface area contributed by atoms with Gasteiger partial charge in [0.15, 0.2) is 0 Å². The lowest BCUT2D eigenvalue weighted by Crippen LogP contribution is -2.37. The van der Waals surface area contributed by atoms with Crippen LogP contribution in [0.4, 0.5) is 4.79 Å². The van der Waals surface area contributed by atoms with Gasteiger partial charge in [-0.1, -0.05) is 48.5 Å². The van der Waals surface area contributed by atoms with Gasteiger partial charge in [-0.3, -0.25) is 4.79 Å². The molecule has 7 heteroatoms. The van der Waals surface area contributed by atoms with Gasteiger partial charge in [0.2, 0.25) is 0 Å². The topological polar surface area (TPSA) is 83.0 Å². The number of carbonyl (C=O) groups excluding carboxylic acids is 1. The normalized spacial score (nSPS) is 10.8. The largest absolute Gasteiger partial charge is 0.334 e. The van der Waals surface area contributed by atoms with Gasteiger partial charge < -0.3 is 15.2 Å². The highest BCUT2D eigenvalue weighted by atomic mass is 16.2. The monoisotopic (exact) mass is 441 g/mol. The number of amides is 2. The number of rotatable bonds is 6. The molecule has 2 heterocycles. The van der Waals surface area contributed by atoms with Gasteiger partial charge >= 0.3 is 6.03 Å². The van der Waals surface area contributed by atoms with Crippen molar-refractivity contribution in [1.29, 1.82) is 0 Å². The van der Waals surface area contributed by atoms with Crippen molar-refractivity contribution in [2.75, 3.05) is 7.05 Å². The summed E-state index contributed by atoms with van der Waals surface area (Å²) < 4.78 is 1.83. The van der Waals surface area contributed by atoms with E-state index < -0.39 is 0 Å². The second-order valence-electron chi connectivity index (χ2n) is 8.11. The number of hydrogen-bond acceptors (Lipinski definition) is 3. The number of carbonyl (C=O) groups is 1. The van der Waals surface area contributed by atoms with Crippen molar-refractivity contribution < 1.29 is 4.79 Å². The number of aromatic amines is 1. The zero-order chi connectivity index (χ0) is 23.4. The summed E-state index contributed by atoms with van der Waals surface area (Å²) in [6.45, 7) is 4.24. The third-order valence-corrected chi connectivity index (χ3v) is 5.52. The molecule has 0 aliphatic carbocycles. The number of benzene rings is 2. The molecule has 0 saturated carbocycles. The van der Waals surface area contributed by atoms with Crippen molar-refractivity contribution in [3.05, 3.63) is 106 Å². The molecule has 0 spiro atoms. The van der Waals surface area contributed by atoms with Gasteiger partial charge in [-0.05, 0) is 37.6 Å². The molecule has 0 unspecified atom stereocenters. The second-order valence-corrected chi connectivity index (χ2v) is 8.11. The number of nitrogens with zero attached hydrogens (tertiary/aromatic N) is 3. The molecule has 0 saturated heterocycles. The third kappa shape index (κ3) is 5.03. The van der Waals surface area contributed by atoms with E-state index in [1.807, 2.05) is 91.5 Å². The van der Waals surface area contributed by atoms with E-state index in [0.717, 1.165) is 33.8 Å². The summed E-state index contributed by atoms with van der Waals surface area (Å²) in [4.78, 5) is 29.4. The Morgan fingerprint density at radius 1 is 1.06 bits per heavy atom. The second kappa shape index (κ2) is 9.56. The number of para-hydroxylation sites is 1. The molecular weight excluding hydrogens is 414 g/mol. The lowest BCUT2D eigenvalue weighted by atomic mass is 10.1. The third-order valence-electron chi connectivity index (χ3n) is 5.52. The molecule has 0 fully saturated rings. The van der Waals surface area contributed by atoms with E-state index >= 15 is 0 Å². The van der Waals surface area contributed by atoms with Gasteiger partial charge in [0.1, 0.15) is 0 Å². The number of hydrogen-bond donors (Lipinski definition) is 2. The molecule has 4 rings (SSSR count). The highest BCUT2D eigenvalue weighted by molar-refractivity contribution is 5.74. The fourth-order valence-corrected chi connectivity index (χ4v) is 3.80. The Kier molecular flexibility index (Phi) is 6.40. The van der Waals surface area contributed by atoms with Crippen molar-refractivity contribution in [3.8, 4) is 16.9 Å². The van der Waals surface area contributed by atoms with Gasteiger partial charge in [0.05, 0.1) is 24.5 Å². The van der Waals surface area contributed by atoms with Crippen LogP contribution in [0.5, 0.6) is 0 Å². The molecular formula is C26H27N5O2. The van der Waals surface area contributed by atoms with E-state index in [9.17, 15) is 9.59 Å². The number of nitrogens with one attached hydrogen (secondary N) is 2. The Hall–Kier alpha value is -4.13. The van der Waals surface area contributed by atoms with Crippen molar-refractivity contribution in [2.24, 2.45) is 0 Å². The predicted molar refractivity (Wildman–Crippen MR) is 129 cm³/mol. The fraction of sp³-hybridized carbons (Fsp3) is 0.192. The van der Waals surface area contributed by atoms with Crippen LogP contribution in [-0.2, 0) is 13.1 Å². The van der Waals surface area contributed by atoms with Crippen LogP contribution in [0.15, 0.2) is 77.7 Å². The van der Waals surface area contributed by atoms with E-state index in [0.29, 0.717) is 12.1 Å². The van der Waals surface area contributed by atoms with Crippen LogP contribution in [0.25, 0.3) is 16.9 Å². The van der Waals surface area contributed by atoms with E-state index in [1.165, 1.54) is 0 Å². The highest BCUT2D eigenvalue weighted by Gasteiger charge is 2.17. The van der Waals surface area contributed by atoms with Crippen LogP contribution in [0.2, 0.25) is 0 Å². The molecule has 4 aromatic rings. The Labute approximate surface area is 192 Å². The molecule has 0 aliphatic rings. The summed E-state index contributed by atoms with van der Waals surface area (Å²) in [6.07, 6.45) is 1.95. The Balaban J connectivity index is 1.54. The number of aryl methyl sites for hydroxylation is 2. The van der Waals surface area contributed by atoms with Crippen LogP contribution in [0, 0.1) is 13.8 Å². The maximum Gasteiger partial charge on any atom is 0.317 e. The smallest absolute Gasteiger partial charge is 0.317 e. The van der Waals surface area contributed by atoms with Gasteiger partial charge in [-0.2, -0.15) is 5.10 Å². The quantitative estimate of drug-likeness (QED) is 0.471. The van der Waals surface area contributed by atoms with Crippen LogP contribution < -0.4 is 10.9 Å². The van der Waals surface area contributed by atoms with Crippen molar-refractivity contribution in [3.63, 3.8) is 0 Å². The predicted octanol–water partition coefficient (Wildman–Crippen LogP) is 4.19. The summed E-state index contributed by atoms with van der Waals surface area (Å²) >= 11 is 0. The SMILES string of the molecule is Cc1cc(C)c(CNC(=O)N(C)Cc2cn(-c3ccccc3)nc2-c2ccccc2)c(=O)[nH]1. The average molecular weight is 442 g/mol. The van der Waals surface area contributed by atoms with E-state index in [1.54, 1.807) is 11.9 Å². The van der Waals surface area contributed by atoms with Gasteiger partial charge in [-0.25, -0.2) is 9.48 Å². The van der Waals surface area contributed by atoms with Crippen LogP contribution in [0.1, 0.15) is 22.4 Å². The fourth-order valence-electron chi connectivity index (χ4n) is 3.80. The Morgan fingerprint density at radius 3 is 2.39 bits per heavy atom. The van der Waals surface area contributed by atoms with Gasteiger partial charge in [0.25, 0.3) is 5.56 Å². The molecule has 2 aromatic heterocycles. The first-order chi connectivity index (χ1) is 15.9. The van der Waals surface area contributed by atoms with E-state index in [4.69, 9.17) is 5.10 Å². The molecule has 0 aliphatic heterocycles. The summed E-state index contributed by atoms with van der Waals surface area (Å²) in [6, 6.07) is 21.4. The van der Waals surface area contributed by atoms with Gasteiger partial charge in [0, 0.05) is 35.6 Å². The highest BCUT2D eigenvalue weighted by Crippen LogP contribution is 2.24. The van der Waals surface area contributed by atoms with E-state index in [-0.39, 0.29) is 18.1 Å². The summed E-state index contributed by atoms with van der Waals surface area (Å²) in [7, 11) is 1.73. The first kappa shape index (κ1) is 22.1. The average Bonchev–Trinajstić information content (AvgIpc) is 3.23. The van der Waals surface area contributed by atoms with Crippen LogP contribution in [0.3, 0.4) is 0 Å². The molecule has 0 bridgehead atoms. The lowest BCUT2D eigenvalue weighted by Gasteiger charge is -2.18. The first-order valence-corrected chi connectivity index (χ1v) is 10.8. The standard InChI is InChI=1S/C26H27N5O2/c1-18-14-19(2)28-25(32)23(18)15-27-26(33)30(3)16-21-17-31(22-12-8-5-9-13-22)29-24(21)20-10-6-4-7-11-20/h4-14,17H,15-16H2,1-3H3,(H,27,33)(H,28,32). The molecule has 7 nitrogen and oxygen atoms in total. The zero-order valence-corrected chi connectivity index (χ0v) is 19.0. The summed E-state index contributed by atoms with van der Waals surface area (Å²) in [5.74, 6) is 0. The van der Waals surface area contributed by atoms with Crippen molar-refractivity contribution in [1.82, 2.24) is 25.0 Å². The molecule has 0 radical (unpaired) electrons. The number of aromatic nitrogens is 3. The molecule has 2 amide bonds. The minimum atomic E-state index is -0.263. The van der Waals surface area contributed by atoms with Crippen molar-refractivity contribution >= 4 is 6.03 Å². The number of urea groups is 1. The lowest BCUT2D eigenvalue weighted by molar-refractivity contribution is 0.206. The van der Waals surface area contributed by atoms with Crippen molar-refractivity contribution in [2.45, 2.75) is 26.9 Å². The Bertz CT molecular complexity index is 1310. The van der Waals surface area contributed by atoms with Gasteiger partial charge in [-0.15, -0.1) is 0 Å². The summed E-state index contributed by atoms with van der Waals surface area (Å²) in [5, 5.41) is 7.66. The molecule has 2 N–H and O–H groups in total. The number of H-pyrrole nitrogens is 1.